The first kappa shape index (κ1) is 21.0. The number of aromatic nitrogens is 1. The predicted molar refractivity (Wildman–Crippen MR) is 121 cm³/mol. The summed E-state index contributed by atoms with van der Waals surface area (Å²) >= 11 is 0. The molecule has 1 aliphatic heterocycles. The van der Waals surface area contributed by atoms with Gasteiger partial charge in [0.2, 0.25) is 5.91 Å². The largest absolute Gasteiger partial charge is 0.493 e. The van der Waals surface area contributed by atoms with Crippen LogP contribution in [-0.4, -0.2) is 36.6 Å². The van der Waals surface area contributed by atoms with Gasteiger partial charge in [0.25, 0.3) is 5.56 Å². The van der Waals surface area contributed by atoms with E-state index in [4.69, 9.17) is 9.47 Å². The maximum atomic E-state index is 13.3. The number of ether oxygens (including phenoxy) is 2. The molecular weight excluding hydrogens is 392 g/mol. The summed E-state index contributed by atoms with van der Waals surface area (Å²) in [6.07, 6.45) is 1.07. The fourth-order valence-corrected chi connectivity index (χ4v) is 4.66. The third-order valence-electron chi connectivity index (χ3n) is 6.11. The van der Waals surface area contributed by atoms with E-state index in [1.165, 1.54) is 0 Å². The minimum absolute atomic E-state index is 0.0188. The number of hydrogen-bond donors (Lipinski definition) is 1. The number of methoxy groups -OCH3 is 2. The van der Waals surface area contributed by atoms with Crippen molar-refractivity contribution in [1.82, 2.24) is 9.88 Å². The van der Waals surface area contributed by atoms with Gasteiger partial charge in [-0.15, -0.1) is 0 Å². The van der Waals surface area contributed by atoms with E-state index in [-0.39, 0.29) is 11.5 Å². The van der Waals surface area contributed by atoms with Crippen LogP contribution >= 0.6 is 0 Å². The van der Waals surface area contributed by atoms with Crippen LogP contribution in [-0.2, 0) is 11.2 Å². The van der Waals surface area contributed by atoms with E-state index in [0.29, 0.717) is 36.4 Å². The first-order chi connectivity index (χ1) is 14.9. The standard InChI is InChI=1S/C25H28N2O4/c1-6-22(28)27-8-7-16-12-20(30-4)21(31-5)13-18(16)24(27)19-11-17-10-14(2)9-15(3)23(17)26-25(19)29/h9-13,24H,6-8H2,1-5H3,(H,26,29)/t24-/m0/s1. The third-order valence-corrected chi connectivity index (χ3v) is 6.11. The first-order valence-electron chi connectivity index (χ1n) is 10.6. The molecule has 0 aliphatic carbocycles. The molecule has 0 saturated heterocycles. The van der Waals surface area contributed by atoms with Gasteiger partial charge < -0.3 is 19.4 Å². The molecule has 0 saturated carbocycles. The molecule has 162 valence electrons. The van der Waals surface area contributed by atoms with Crippen molar-refractivity contribution in [3.05, 3.63) is 68.5 Å². The second kappa shape index (κ2) is 8.10. The number of benzene rings is 2. The van der Waals surface area contributed by atoms with Gasteiger partial charge in [0.1, 0.15) is 0 Å². The van der Waals surface area contributed by atoms with E-state index < -0.39 is 6.04 Å². The zero-order chi connectivity index (χ0) is 22.3. The summed E-state index contributed by atoms with van der Waals surface area (Å²) in [5.74, 6) is 1.25. The SMILES string of the molecule is CCC(=O)N1CCc2cc(OC)c(OC)cc2[C@H]1c1cc2cc(C)cc(C)c2[nH]c1=O. The number of amides is 1. The molecule has 1 amide bonds. The third kappa shape index (κ3) is 3.56. The summed E-state index contributed by atoms with van der Waals surface area (Å²) < 4.78 is 11.0. The molecule has 3 aromatic rings. The number of nitrogens with one attached hydrogen (secondary N) is 1. The van der Waals surface area contributed by atoms with Gasteiger partial charge in [-0.3, -0.25) is 9.59 Å². The zero-order valence-corrected chi connectivity index (χ0v) is 18.7. The number of aryl methyl sites for hydroxylation is 2. The quantitative estimate of drug-likeness (QED) is 0.691. The summed E-state index contributed by atoms with van der Waals surface area (Å²) in [6, 6.07) is 9.42. The summed E-state index contributed by atoms with van der Waals surface area (Å²) in [7, 11) is 3.20. The molecule has 2 heterocycles. The average molecular weight is 421 g/mol. The maximum Gasteiger partial charge on any atom is 0.254 e. The molecule has 4 rings (SSSR count). The lowest BCUT2D eigenvalue weighted by atomic mass is 9.87. The molecule has 0 spiro atoms. The molecule has 1 atom stereocenters. The molecule has 0 radical (unpaired) electrons. The Hall–Kier alpha value is -3.28. The maximum absolute atomic E-state index is 13.3. The van der Waals surface area contributed by atoms with Crippen molar-refractivity contribution in [1.29, 1.82) is 0 Å². The lowest BCUT2D eigenvalue weighted by Gasteiger charge is -2.37. The first-order valence-corrected chi connectivity index (χ1v) is 10.6. The Labute approximate surface area is 181 Å². The van der Waals surface area contributed by atoms with Crippen molar-refractivity contribution in [2.24, 2.45) is 0 Å². The van der Waals surface area contributed by atoms with Crippen LogP contribution in [0.5, 0.6) is 11.5 Å². The van der Waals surface area contributed by atoms with Gasteiger partial charge in [-0.05, 0) is 66.6 Å². The zero-order valence-electron chi connectivity index (χ0n) is 18.7. The number of H-pyrrole nitrogens is 1. The van der Waals surface area contributed by atoms with E-state index >= 15 is 0 Å². The Bertz CT molecular complexity index is 1230. The van der Waals surface area contributed by atoms with Crippen molar-refractivity contribution < 1.29 is 14.3 Å². The van der Waals surface area contributed by atoms with Crippen LogP contribution in [0.4, 0.5) is 0 Å². The van der Waals surface area contributed by atoms with Gasteiger partial charge in [-0.25, -0.2) is 0 Å². The Morgan fingerprint density at radius 2 is 1.77 bits per heavy atom. The van der Waals surface area contributed by atoms with Crippen LogP contribution in [0.25, 0.3) is 10.9 Å². The molecule has 6 heteroatoms. The summed E-state index contributed by atoms with van der Waals surface area (Å²) in [6.45, 7) is 6.42. The molecule has 6 nitrogen and oxygen atoms in total. The predicted octanol–water partition coefficient (Wildman–Crippen LogP) is 4.05. The van der Waals surface area contributed by atoms with Crippen LogP contribution in [0.1, 0.15) is 47.2 Å². The van der Waals surface area contributed by atoms with Gasteiger partial charge in [0.15, 0.2) is 11.5 Å². The average Bonchev–Trinajstić information content (AvgIpc) is 2.77. The van der Waals surface area contributed by atoms with Gasteiger partial charge in [0, 0.05) is 18.5 Å². The van der Waals surface area contributed by atoms with E-state index in [2.05, 4.69) is 17.1 Å². The van der Waals surface area contributed by atoms with Crippen molar-refractivity contribution in [3.63, 3.8) is 0 Å². The minimum atomic E-state index is -0.482. The highest BCUT2D eigenvalue weighted by molar-refractivity contribution is 5.84. The number of fused-ring (bicyclic) bond motifs is 2. The normalized spacial score (nSPS) is 15.6. The summed E-state index contributed by atoms with van der Waals surface area (Å²) in [5, 5.41) is 0.962. The van der Waals surface area contributed by atoms with Gasteiger partial charge >= 0.3 is 0 Å². The van der Waals surface area contributed by atoms with Gasteiger partial charge in [-0.1, -0.05) is 18.6 Å². The van der Waals surface area contributed by atoms with E-state index in [0.717, 1.165) is 33.2 Å². The number of carbonyl (C=O) groups is 1. The Morgan fingerprint density at radius 3 is 2.45 bits per heavy atom. The second-order valence-corrected chi connectivity index (χ2v) is 8.10. The summed E-state index contributed by atoms with van der Waals surface area (Å²) in [4.78, 5) is 31.0. The van der Waals surface area contributed by atoms with Crippen LogP contribution in [0, 0.1) is 13.8 Å². The molecule has 1 aromatic heterocycles. The topological polar surface area (TPSA) is 71.6 Å². The number of pyridine rings is 1. The Morgan fingerprint density at radius 1 is 1.06 bits per heavy atom. The molecule has 31 heavy (non-hydrogen) atoms. The molecular formula is C25H28N2O4. The lowest BCUT2D eigenvalue weighted by Crippen LogP contribution is -2.42. The van der Waals surface area contributed by atoms with Crippen molar-refractivity contribution in [2.45, 2.75) is 39.7 Å². The van der Waals surface area contributed by atoms with Gasteiger partial charge in [-0.2, -0.15) is 0 Å². The number of hydrogen-bond acceptors (Lipinski definition) is 4. The fourth-order valence-electron chi connectivity index (χ4n) is 4.66. The molecule has 0 fully saturated rings. The Balaban J connectivity index is 1.99. The molecule has 1 aliphatic rings. The number of carbonyl (C=O) groups excluding carboxylic acids is 1. The number of rotatable bonds is 4. The Kier molecular flexibility index (Phi) is 5.48. The highest BCUT2D eigenvalue weighted by Crippen LogP contribution is 2.41. The van der Waals surface area contributed by atoms with E-state index in [1.807, 2.05) is 43.9 Å². The number of nitrogens with zero attached hydrogens (tertiary/aromatic N) is 1. The minimum Gasteiger partial charge on any atom is -0.493 e. The molecule has 1 N–H and O–H groups in total. The second-order valence-electron chi connectivity index (χ2n) is 8.10. The van der Waals surface area contributed by atoms with E-state index in [1.54, 1.807) is 14.2 Å². The molecule has 0 unspecified atom stereocenters. The summed E-state index contributed by atoms with van der Waals surface area (Å²) in [5.41, 5.74) is 5.32. The smallest absolute Gasteiger partial charge is 0.254 e. The van der Waals surface area contributed by atoms with Crippen LogP contribution in [0.3, 0.4) is 0 Å². The fraction of sp³-hybridized carbons (Fsp3) is 0.360. The van der Waals surface area contributed by atoms with Crippen LogP contribution in [0.15, 0.2) is 35.1 Å². The van der Waals surface area contributed by atoms with Crippen LogP contribution < -0.4 is 15.0 Å². The van der Waals surface area contributed by atoms with Crippen molar-refractivity contribution in [2.75, 3.05) is 20.8 Å². The number of aromatic amines is 1. The lowest BCUT2D eigenvalue weighted by molar-refractivity contribution is -0.132. The van der Waals surface area contributed by atoms with Crippen LogP contribution in [0.2, 0.25) is 0 Å². The highest BCUT2D eigenvalue weighted by atomic mass is 16.5. The highest BCUT2D eigenvalue weighted by Gasteiger charge is 2.34. The van der Waals surface area contributed by atoms with Crippen molar-refractivity contribution >= 4 is 16.8 Å². The van der Waals surface area contributed by atoms with Crippen molar-refractivity contribution in [3.8, 4) is 11.5 Å². The molecule has 0 bridgehead atoms. The van der Waals surface area contributed by atoms with E-state index in [9.17, 15) is 9.59 Å². The monoisotopic (exact) mass is 420 g/mol. The molecule has 2 aromatic carbocycles. The van der Waals surface area contributed by atoms with Gasteiger partial charge in [0.05, 0.1) is 25.8 Å².